The van der Waals surface area contributed by atoms with Crippen LogP contribution in [0.4, 0.5) is 8.78 Å². The first-order valence-electron chi connectivity index (χ1n) is 3.53. The summed E-state index contributed by atoms with van der Waals surface area (Å²) in [7, 11) is 1.61. The van der Waals surface area contributed by atoms with Crippen LogP contribution in [0, 0.1) is 11.6 Å². The molecular weight excluding hydrogens is 195 g/mol. The van der Waals surface area contributed by atoms with Gasteiger partial charge < -0.3 is 4.42 Å². The van der Waals surface area contributed by atoms with Crippen molar-refractivity contribution >= 4 is 37.0 Å². The molecule has 13 heavy (non-hydrogen) atoms. The number of aromatic nitrogens is 1. The summed E-state index contributed by atoms with van der Waals surface area (Å²) in [6, 6.07) is 1.07. The van der Waals surface area contributed by atoms with Gasteiger partial charge in [0.15, 0.2) is 17.2 Å². The number of nitrogens with zero attached hydrogens (tertiary/aromatic N) is 1. The fourth-order valence-electron chi connectivity index (χ4n) is 1.16. The molecule has 1 heterocycles. The number of hydrogen-bond acceptors (Lipinski definition) is 3. The van der Waals surface area contributed by atoms with Crippen LogP contribution in [0.25, 0.3) is 11.1 Å². The number of halogens is 2. The van der Waals surface area contributed by atoms with Crippen LogP contribution in [0.3, 0.4) is 0 Å². The molecule has 2 nitrogen and oxygen atoms in total. The highest BCUT2D eigenvalue weighted by Crippen LogP contribution is 2.20. The highest BCUT2D eigenvalue weighted by Gasteiger charge is 2.15. The van der Waals surface area contributed by atoms with Crippen LogP contribution < -0.4 is 5.46 Å². The van der Waals surface area contributed by atoms with Gasteiger partial charge in [-0.25, -0.2) is 13.8 Å². The first-order valence-corrected chi connectivity index (χ1v) is 3.98. The Morgan fingerprint density at radius 3 is 2.85 bits per heavy atom. The first-order chi connectivity index (χ1) is 6.09. The molecule has 0 saturated carbocycles. The number of fused-ring (bicyclic) bond motifs is 1. The van der Waals surface area contributed by atoms with E-state index in [0.29, 0.717) is 5.46 Å². The summed E-state index contributed by atoms with van der Waals surface area (Å²) in [5.74, 6) is -1.92. The summed E-state index contributed by atoms with van der Waals surface area (Å²) in [5, 5.41) is 0.0302. The van der Waals surface area contributed by atoms with Crippen molar-refractivity contribution in [3.63, 3.8) is 0 Å². The zero-order valence-corrected chi connectivity index (χ0v) is 7.53. The largest absolute Gasteiger partial charge is 0.432 e. The van der Waals surface area contributed by atoms with Crippen LogP contribution in [0.1, 0.15) is 0 Å². The van der Waals surface area contributed by atoms with Gasteiger partial charge in [0, 0.05) is 0 Å². The molecule has 66 valence electrons. The van der Waals surface area contributed by atoms with Gasteiger partial charge in [0.25, 0.3) is 5.22 Å². The van der Waals surface area contributed by atoms with Gasteiger partial charge >= 0.3 is 0 Å². The quantitative estimate of drug-likeness (QED) is 0.498. The third-order valence-corrected chi connectivity index (χ3v) is 1.93. The molecule has 0 atom stereocenters. The maximum absolute atomic E-state index is 13.1. The standard InChI is InChI=1S/C7H4BF2NOS/c8-2-1-3(9)4(10)5-6(2)12-7(13)11-5/h1H,8H2,(H,11,13). The van der Waals surface area contributed by atoms with Gasteiger partial charge in [0.2, 0.25) is 0 Å². The molecule has 1 aromatic heterocycles. The van der Waals surface area contributed by atoms with E-state index in [4.69, 9.17) is 4.42 Å². The second-order valence-corrected chi connectivity index (χ2v) is 3.05. The van der Waals surface area contributed by atoms with Gasteiger partial charge in [-0.2, -0.15) is 0 Å². The van der Waals surface area contributed by atoms with E-state index in [2.05, 4.69) is 17.6 Å². The number of hydrogen-bond donors (Lipinski definition) is 1. The van der Waals surface area contributed by atoms with E-state index in [0.717, 1.165) is 6.07 Å². The van der Waals surface area contributed by atoms with Crippen molar-refractivity contribution in [1.82, 2.24) is 4.98 Å². The van der Waals surface area contributed by atoms with E-state index < -0.39 is 11.6 Å². The summed E-state index contributed by atoms with van der Waals surface area (Å²) >= 11 is 3.80. The molecule has 0 radical (unpaired) electrons. The van der Waals surface area contributed by atoms with Crippen molar-refractivity contribution in [3.8, 4) is 0 Å². The number of benzene rings is 1. The Labute approximate surface area is 78.8 Å². The highest BCUT2D eigenvalue weighted by molar-refractivity contribution is 7.80. The topological polar surface area (TPSA) is 26.0 Å². The number of rotatable bonds is 0. The van der Waals surface area contributed by atoms with E-state index in [-0.39, 0.29) is 16.3 Å². The Morgan fingerprint density at radius 2 is 2.15 bits per heavy atom. The van der Waals surface area contributed by atoms with Crippen LogP contribution in [0.5, 0.6) is 0 Å². The molecule has 0 aliphatic rings. The van der Waals surface area contributed by atoms with Gasteiger partial charge in [0.05, 0.1) is 0 Å². The second-order valence-electron chi connectivity index (χ2n) is 2.66. The smallest absolute Gasteiger partial charge is 0.253 e. The van der Waals surface area contributed by atoms with Gasteiger partial charge in [-0.3, -0.25) is 0 Å². The molecule has 1 aromatic carbocycles. The monoisotopic (exact) mass is 199 g/mol. The Bertz CT molecular complexity index is 485. The molecule has 2 rings (SSSR count). The lowest BCUT2D eigenvalue weighted by Gasteiger charge is -1.95. The van der Waals surface area contributed by atoms with E-state index >= 15 is 0 Å². The third-order valence-electron chi connectivity index (χ3n) is 1.73. The van der Waals surface area contributed by atoms with Crippen LogP contribution in [0.15, 0.2) is 15.7 Å². The maximum Gasteiger partial charge on any atom is 0.253 e. The average molecular weight is 199 g/mol. The van der Waals surface area contributed by atoms with Crippen molar-refractivity contribution < 1.29 is 13.2 Å². The summed E-state index contributed by atoms with van der Waals surface area (Å²) in [6.45, 7) is 0. The van der Waals surface area contributed by atoms with E-state index in [1.807, 2.05) is 0 Å². The van der Waals surface area contributed by atoms with E-state index in [9.17, 15) is 8.78 Å². The van der Waals surface area contributed by atoms with Crippen molar-refractivity contribution in [2.75, 3.05) is 0 Å². The molecule has 6 heteroatoms. The molecule has 0 amide bonds. The normalized spacial score (nSPS) is 11.0. The van der Waals surface area contributed by atoms with Gasteiger partial charge in [0.1, 0.15) is 13.4 Å². The van der Waals surface area contributed by atoms with Crippen LogP contribution in [-0.2, 0) is 0 Å². The Morgan fingerprint density at radius 1 is 1.46 bits per heavy atom. The average Bonchev–Trinajstić information content (AvgIpc) is 2.44. The molecule has 2 aromatic rings. The molecule has 0 fully saturated rings. The van der Waals surface area contributed by atoms with Crippen molar-refractivity contribution in [2.24, 2.45) is 0 Å². The summed E-state index contributed by atoms with van der Waals surface area (Å²) in [4.78, 5) is 3.62. The minimum atomic E-state index is -0.996. The van der Waals surface area contributed by atoms with Crippen molar-refractivity contribution in [2.45, 2.75) is 5.22 Å². The van der Waals surface area contributed by atoms with Crippen molar-refractivity contribution in [1.29, 1.82) is 0 Å². The lowest BCUT2D eigenvalue weighted by molar-refractivity contribution is 0.493. The first kappa shape index (κ1) is 8.56. The minimum Gasteiger partial charge on any atom is -0.432 e. The maximum atomic E-state index is 13.1. The van der Waals surface area contributed by atoms with Gasteiger partial charge in [-0.05, 0) is 11.5 Å². The molecule has 0 saturated heterocycles. The molecule has 0 N–H and O–H groups in total. The zero-order chi connectivity index (χ0) is 9.59. The third kappa shape index (κ3) is 1.21. The van der Waals surface area contributed by atoms with Crippen LogP contribution in [-0.4, -0.2) is 12.8 Å². The number of thiol groups is 1. The fourth-order valence-corrected chi connectivity index (χ4v) is 1.35. The predicted octanol–water partition coefficient (Wildman–Crippen LogP) is 0.653. The van der Waals surface area contributed by atoms with Crippen LogP contribution >= 0.6 is 12.6 Å². The highest BCUT2D eigenvalue weighted by atomic mass is 32.1. The SMILES string of the molecule is Bc1cc(F)c(F)c2nc(S)oc12. The lowest BCUT2D eigenvalue weighted by Crippen LogP contribution is -2.05. The molecule has 0 unspecified atom stereocenters. The van der Waals surface area contributed by atoms with Crippen LogP contribution in [0.2, 0.25) is 0 Å². The second kappa shape index (κ2) is 2.73. The molecule has 0 bridgehead atoms. The van der Waals surface area contributed by atoms with E-state index in [1.165, 1.54) is 0 Å². The van der Waals surface area contributed by atoms with Gasteiger partial charge in [-0.1, -0.05) is 12.6 Å². The zero-order valence-electron chi connectivity index (χ0n) is 6.64. The number of oxazole rings is 1. The predicted molar refractivity (Wildman–Crippen MR) is 49.4 cm³/mol. The minimum absolute atomic E-state index is 0.0302. The molecule has 0 spiro atoms. The molecular formula is C7H4BF2NOS. The summed E-state index contributed by atoms with van der Waals surface area (Å²) in [5.41, 5.74) is 0.633. The van der Waals surface area contributed by atoms with E-state index in [1.54, 1.807) is 7.85 Å². The molecule has 0 aliphatic carbocycles. The van der Waals surface area contributed by atoms with Crippen molar-refractivity contribution in [3.05, 3.63) is 17.7 Å². The Hall–Kier alpha value is -1.04. The Kier molecular flexibility index (Phi) is 1.80. The summed E-state index contributed by atoms with van der Waals surface area (Å²) in [6.07, 6.45) is 0. The molecule has 0 aliphatic heterocycles. The summed E-state index contributed by atoms with van der Waals surface area (Å²) < 4.78 is 30.9. The van der Waals surface area contributed by atoms with Gasteiger partial charge in [-0.15, -0.1) is 0 Å². The Balaban J connectivity index is 2.95. The lowest BCUT2D eigenvalue weighted by atomic mass is 9.95. The fraction of sp³-hybridized carbons (Fsp3) is 0.